The molecular weight excluding hydrogens is 526 g/mol. The van der Waals surface area contributed by atoms with Gasteiger partial charge in [-0.15, -0.1) is 0 Å². The Balaban J connectivity index is 1.30. The first-order valence-electron chi connectivity index (χ1n) is 14.3. The summed E-state index contributed by atoms with van der Waals surface area (Å²) < 4.78 is 1.91. The Kier molecular flexibility index (Phi) is 6.71. The molecule has 214 valence electrons. The molecular formula is C31H39N3O5S. The third-order valence-electron chi connectivity index (χ3n) is 10.9. The van der Waals surface area contributed by atoms with Gasteiger partial charge in [-0.05, 0) is 97.8 Å². The molecule has 0 bridgehead atoms. The molecule has 4 aliphatic carbocycles. The van der Waals surface area contributed by atoms with Gasteiger partial charge in [-0.25, -0.2) is 9.48 Å². The lowest BCUT2D eigenvalue weighted by Crippen LogP contribution is -2.61. The summed E-state index contributed by atoms with van der Waals surface area (Å²) in [6.45, 7) is 4.75. The van der Waals surface area contributed by atoms with E-state index in [1.807, 2.05) is 48.3 Å². The average Bonchev–Trinajstić information content (AvgIpc) is 3.44. The van der Waals surface area contributed by atoms with Crippen molar-refractivity contribution in [3.8, 4) is 5.69 Å². The number of nitrogens with zero attached hydrogens (tertiary/aromatic N) is 2. The molecule has 4 aliphatic rings. The Morgan fingerprint density at radius 3 is 2.80 bits per heavy atom. The Bertz CT molecular complexity index is 1390. The highest BCUT2D eigenvalue weighted by Crippen LogP contribution is 2.67. The van der Waals surface area contributed by atoms with Crippen LogP contribution in [0.25, 0.3) is 11.8 Å². The fourth-order valence-corrected chi connectivity index (χ4v) is 9.20. The summed E-state index contributed by atoms with van der Waals surface area (Å²) in [7, 11) is 0. The number of aliphatic carboxylic acids is 1. The number of aromatic nitrogens is 2. The van der Waals surface area contributed by atoms with Crippen molar-refractivity contribution in [3.05, 3.63) is 52.9 Å². The van der Waals surface area contributed by atoms with Gasteiger partial charge in [0, 0.05) is 23.3 Å². The van der Waals surface area contributed by atoms with Crippen molar-refractivity contribution in [1.29, 1.82) is 0 Å². The number of aliphatic hydroxyl groups is 2. The fourth-order valence-electron chi connectivity index (χ4n) is 8.89. The van der Waals surface area contributed by atoms with Crippen LogP contribution < -0.4 is 5.32 Å². The predicted octanol–water partition coefficient (Wildman–Crippen LogP) is 3.93. The molecule has 40 heavy (non-hydrogen) atoms. The molecule has 8 nitrogen and oxygen atoms in total. The van der Waals surface area contributed by atoms with E-state index in [-0.39, 0.29) is 35.5 Å². The number of fused-ring (bicyclic) bond motifs is 6. The molecule has 7 atom stereocenters. The first-order valence-corrected chi connectivity index (χ1v) is 15.7. The molecule has 0 saturated heterocycles. The molecule has 1 aromatic carbocycles. The number of thioether (sulfide) groups is 1. The number of carboxylic acids is 1. The summed E-state index contributed by atoms with van der Waals surface area (Å²) in [5.74, 6) is -0.187. The number of nitrogens with one attached hydrogen (secondary N) is 1. The van der Waals surface area contributed by atoms with Crippen LogP contribution in [0.5, 0.6) is 0 Å². The van der Waals surface area contributed by atoms with Gasteiger partial charge in [-0.1, -0.05) is 25.5 Å². The summed E-state index contributed by atoms with van der Waals surface area (Å²) in [4.78, 5) is 24.8. The SMILES string of the molecule is CSCCNC(=O)c1cccc(-n2ncc3c2C=C2CC[C@@H]4C([C@@H](O)C[C@@]5(C)C4CC[C@]5(O)C(=O)O)[C@@]2(C)C3)c1. The van der Waals surface area contributed by atoms with Crippen molar-refractivity contribution < 1.29 is 24.9 Å². The third-order valence-corrected chi connectivity index (χ3v) is 11.5. The number of benzene rings is 1. The van der Waals surface area contributed by atoms with Gasteiger partial charge in [0.15, 0.2) is 5.60 Å². The summed E-state index contributed by atoms with van der Waals surface area (Å²) >= 11 is 1.69. The van der Waals surface area contributed by atoms with E-state index in [1.165, 1.54) is 5.57 Å². The zero-order chi connectivity index (χ0) is 28.4. The van der Waals surface area contributed by atoms with Gasteiger partial charge in [-0.3, -0.25) is 4.79 Å². The van der Waals surface area contributed by atoms with Crippen molar-refractivity contribution in [2.75, 3.05) is 18.6 Å². The Morgan fingerprint density at radius 2 is 2.05 bits per heavy atom. The summed E-state index contributed by atoms with van der Waals surface area (Å²) in [5, 5.41) is 40.5. The number of hydrogen-bond donors (Lipinski definition) is 4. The molecule has 1 amide bonds. The van der Waals surface area contributed by atoms with Crippen LogP contribution in [0.1, 0.15) is 67.6 Å². The molecule has 2 unspecified atom stereocenters. The van der Waals surface area contributed by atoms with Crippen molar-refractivity contribution >= 4 is 29.7 Å². The molecule has 2 aromatic rings. The number of carbonyl (C=O) groups excluding carboxylic acids is 1. The highest BCUT2D eigenvalue weighted by molar-refractivity contribution is 7.98. The molecule has 0 radical (unpaired) electrons. The van der Waals surface area contributed by atoms with Crippen molar-refractivity contribution in [3.63, 3.8) is 0 Å². The molecule has 1 aromatic heterocycles. The van der Waals surface area contributed by atoms with Gasteiger partial charge in [0.1, 0.15) is 0 Å². The van der Waals surface area contributed by atoms with Gasteiger partial charge < -0.3 is 20.6 Å². The minimum Gasteiger partial charge on any atom is -0.479 e. The maximum atomic E-state index is 12.7. The number of carbonyl (C=O) groups is 2. The summed E-state index contributed by atoms with van der Waals surface area (Å²) in [6, 6.07) is 7.54. The van der Waals surface area contributed by atoms with Gasteiger partial charge in [0.25, 0.3) is 5.91 Å². The topological polar surface area (TPSA) is 125 Å². The lowest BCUT2D eigenvalue weighted by molar-refractivity contribution is -0.193. The molecule has 6 rings (SSSR count). The van der Waals surface area contributed by atoms with Crippen LogP contribution >= 0.6 is 11.8 Å². The maximum Gasteiger partial charge on any atom is 0.336 e. The van der Waals surface area contributed by atoms with E-state index < -0.39 is 23.1 Å². The van der Waals surface area contributed by atoms with Crippen LogP contribution in [0.2, 0.25) is 0 Å². The smallest absolute Gasteiger partial charge is 0.336 e. The van der Waals surface area contributed by atoms with Crippen LogP contribution in [0.15, 0.2) is 36.0 Å². The average molecular weight is 566 g/mol. The highest BCUT2D eigenvalue weighted by Gasteiger charge is 2.68. The second-order valence-corrected chi connectivity index (χ2v) is 13.7. The lowest BCUT2D eigenvalue weighted by Gasteiger charge is -2.60. The van der Waals surface area contributed by atoms with E-state index in [2.05, 4.69) is 18.3 Å². The fraction of sp³-hybridized carbons (Fsp3) is 0.581. The second kappa shape index (κ2) is 9.74. The molecule has 0 aliphatic heterocycles. The maximum absolute atomic E-state index is 12.7. The zero-order valence-electron chi connectivity index (χ0n) is 23.4. The molecule has 3 fully saturated rings. The second-order valence-electron chi connectivity index (χ2n) is 12.8. The summed E-state index contributed by atoms with van der Waals surface area (Å²) in [6.07, 6.45) is 9.14. The van der Waals surface area contributed by atoms with Crippen molar-refractivity contribution in [2.45, 2.75) is 64.1 Å². The van der Waals surface area contributed by atoms with E-state index >= 15 is 0 Å². The van der Waals surface area contributed by atoms with Crippen LogP contribution in [0.4, 0.5) is 0 Å². The summed E-state index contributed by atoms with van der Waals surface area (Å²) in [5.41, 5.74) is 1.95. The number of aliphatic hydroxyl groups excluding tert-OH is 1. The zero-order valence-corrected chi connectivity index (χ0v) is 24.2. The predicted molar refractivity (Wildman–Crippen MR) is 154 cm³/mol. The first-order chi connectivity index (χ1) is 19.0. The van der Waals surface area contributed by atoms with E-state index in [4.69, 9.17) is 5.10 Å². The number of allylic oxidation sites excluding steroid dienone is 1. The Morgan fingerprint density at radius 1 is 1.25 bits per heavy atom. The van der Waals surface area contributed by atoms with Crippen LogP contribution in [-0.4, -0.2) is 67.2 Å². The van der Waals surface area contributed by atoms with Crippen molar-refractivity contribution in [1.82, 2.24) is 15.1 Å². The highest BCUT2D eigenvalue weighted by atomic mass is 32.2. The number of rotatable bonds is 6. The Hall–Kier alpha value is -2.62. The quantitative estimate of drug-likeness (QED) is 0.391. The van der Waals surface area contributed by atoms with Crippen LogP contribution in [0.3, 0.4) is 0 Å². The Labute approximate surface area is 239 Å². The molecule has 0 spiro atoms. The third kappa shape index (κ3) is 3.91. The molecule has 9 heteroatoms. The van der Waals surface area contributed by atoms with E-state index in [0.717, 1.165) is 42.0 Å². The number of hydrogen-bond acceptors (Lipinski definition) is 6. The molecule has 1 heterocycles. The van der Waals surface area contributed by atoms with Gasteiger partial charge in [0.05, 0.1) is 23.7 Å². The largest absolute Gasteiger partial charge is 0.479 e. The minimum absolute atomic E-state index is 0.00784. The van der Waals surface area contributed by atoms with Gasteiger partial charge >= 0.3 is 5.97 Å². The molecule has 4 N–H and O–H groups in total. The van der Waals surface area contributed by atoms with Gasteiger partial charge in [0.2, 0.25) is 0 Å². The van der Waals surface area contributed by atoms with E-state index in [1.54, 1.807) is 11.8 Å². The van der Waals surface area contributed by atoms with E-state index in [0.29, 0.717) is 24.9 Å². The number of carboxylic acid groups (broad SMARTS) is 1. The van der Waals surface area contributed by atoms with Crippen LogP contribution in [-0.2, 0) is 11.2 Å². The monoisotopic (exact) mass is 565 g/mol. The van der Waals surface area contributed by atoms with Gasteiger partial charge in [-0.2, -0.15) is 16.9 Å². The lowest BCUT2D eigenvalue weighted by atomic mass is 9.45. The van der Waals surface area contributed by atoms with Crippen molar-refractivity contribution in [2.24, 2.45) is 28.6 Å². The number of amides is 1. The first kappa shape index (κ1) is 27.5. The molecule has 3 saturated carbocycles. The normalized spacial score (nSPS) is 36.1. The van der Waals surface area contributed by atoms with E-state index in [9.17, 15) is 24.9 Å². The standard InChI is InChI=1S/C31H39N3O5S/c1-29-15-19-17-33-34(21-6-4-5-18(13-21)27(36)32-11-12-40-3)24(19)14-20(29)7-8-22-23-9-10-31(39,28(37)38)30(23,2)16-25(35)26(22)29/h4-6,13-14,17,22-23,25-26,35,39H,7-12,15-16H2,1-3H3,(H,32,36)(H,37,38)/t22-,23?,25-,26?,29-,30-,31-/m0/s1. The minimum atomic E-state index is -1.79. The van der Waals surface area contributed by atoms with Crippen LogP contribution in [0, 0.1) is 28.6 Å².